The van der Waals surface area contributed by atoms with Crippen LogP contribution in [0.4, 0.5) is 0 Å². The Hall–Kier alpha value is -3.47. The number of aliphatic carboxylic acids is 1. The number of esters is 1. The second-order valence-electron chi connectivity index (χ2n) is 5.34. The van der Waals surface area contributed by atoms with Crippen molar-refractivity contribution in [3.8, 4) is 11.8 Å². The second-order valence-corrected chi connectivity index (χ2v) is 5.34. The highest BCUT2D eigenvalue weighted by molar-refractivity contribution is 5.92. The van der Waals surface area contributed by atoms with E-state index in [0.717, 1.165) is 0 Å². The second kappa shape index (κ2) is 8.07. The fraction of sp³-hybridized carbons (Fsp3) is 0.278. The predicted molar refractivity (Wildman–Crippen MR) is 89.6 cm³/mol. The minimum atomic E-state index is -1.15. The maximum absolute atomic E-state index is 12.5. The number of para-hydroxylation sites is 1. The lowest BCUT2D eigenvalue weighted by molar-refractivity contribution is -0.140. The predicted octanol–water partition coefficient (Wildman–Crippen LogP) is 1.79. The smallest absolute Gasteiger partial charge is 0.341 e. The van der Waals surface area contributed by atoms with Crippen molar-refractivity contribution in [1.82, 2.24) is 0 Å². The van der Waals surface area contributed by atoms with Crippen molar-refractivity contribution in [3.05, 3.63) is 52.6 Å². The summed E-state index contributed by atoms with van der Waals surface area (Å²) in [4.78, 5) is 23.3. The van der Waals surface area contributed by atoms with Crippen molar-refractivity contribution in [2.75, 3.05) is 13.2 Å². The van der Waals surface area contributed by atoms with Crippen LogP contribution in [0.1, 0.15) is 25.3 Å². The lowest BCUT2D eigenvalue weighted by Crippen LogP contribution is -2.26. The van der Waals surface area contributed by atoms with E-state index in [1.54, 1.807) is 38.1 Å². The standard InChI is InChI=1S/C18H18N2O6/c1-3-24-18(23)15-10(2)26-17(20)12(8-19)16(15)11-6-4-5-7-13(11)25-9-14(21)22/h4-7,16H,3,9,20H2,1-2H3,(H,21,22). The number of nitrogens with zero attached hydrogens (tertiary/aromatic N) is 1. The molecule has 8 nitrogen and oxygen atoms in total. The van der Waals surface area contributed by atoms with E-state index in [1.165, 1.54) is 0 Å². The van der Waals surface area contributed by atoms with Crippen LogP contribution in [0.15, 0.2) is 47.1 Å². The molecule has 0 radical (unpaired) electrons. The van der Waals surface area contributed by atoms with Crippen LogP contribution in [0.3, 0.4) is 0 Å². The Kier molecular flexibility index (Phi) is 5.86. The molecule has 0 spiro atoms. The Bertz CT molecular complexity index is 834. The molecule has 1 aromatic carbocycles. The summed E-state index contributed by atoms with van der Waals surface area (Å²) in [6.07, 6.45) is 0. The summed E-state index contributed by atoms with van der Waals surface area (Å²) >= 11 is 0. The number of benzene rings is 1. The molecule has 0 saturated carbocycles. The van der Waals surface area contributed by atoms with Crippen molar-refractivity contribution in [3.63, 3.8) is 0 Å². The van der Waals surface area contributed by atoms with E-state index >= 15 is 0 Å². The van der Waals surface area contributed by atoms with Gasteiger partial charge in [-0.2, -0.15) is 5.26 Å². The van der Waals surface area contributed by atoms with Gasteiger partial charge in [0.2, 0.25) is 5.88 Å². The Morgan fingerprint density at radius 2 is 2.08 bits per heavy atom. The van der Waals surface area contributed by atoms with Crippen molar-refractivity contribution < 1.29 is 28.9 Å². The third-order valence-electron chi connectivity index (χ3n) is 3.68. The van der Waals surface area contributed by atoms with Gasteiger partial charge in [-0.05, 0) is 19.9 Å². The largest absolute Gasteiger partial charge is 0.482 e. The third kappa shape index (κ3) is 3.78. The lowest BCUT2D eigenvalue weighted by Gasteiger charge is -2.27. The molecule has 0 amide bonds. The molecule has 0 fully saturated rings. The van der Waals surface area contributed by atoms with Crippen LogP contribution >= 0.6 is 0 Å². The van der Waals surface area contributed by atoms with E-state index in [0.29, 0.717) is 5.56 Å². The highest BCUT2D eigenvalue weighted by Gasteiger charge is 2.37. The number of nitriles is 1. The van der Waals surface area contributed by atoms with E-state index in [1.807, 2.05) is 6.07 Å². The molecule has 2 rings (SSSR count). The maximum Gasteiger partial charge on any atom is 0.341 e. The highest BCUT2D eigenvalue weighted by atomic mass is 16.5. The van der Waals surface area contributed by atoms with Gasteiger partial charge in [0.1, 0.15) is 23.2 Å². The molecule has 1 aliphatic heterocycles. The number of carboxylic acid groups (broad SMARTS) is 1. The van der Waals surface area contributed by atoms with Gasteiger partial charge in [-0.1, -0.05) is 18.2 Å². The first-order valence-corrected chi connectivity index (χ1v) is 7.79. The van der Waals surface area contributed by atoms with Crippen LogP contribution in [0.5, 0.6) is 5.75 Å². The molecule has 8 heteroatoms. The Morgan fingerprint density at radius 3 is 2.69 bits per heavy atom. The molecule has 1 unspecified atom stereocenters. The molecule has 1 aliphatic rings. The van der Waals surface area contributed by atoms with Crippen LogP contribution in [-0.4, -0.2) is 30.3 Å². The van der Waals surface area contributed by atoms with E-state index in [-0.39, 0.29) is 35.1 Å². The molecule has 3 N–H and O–H groups in total. The summed E-state index contributed by atoms with van der Waals surface area (Å²) < 4.78 is 15.7. The molecule has 0 aromatic heterocycles. The summed E-state index contributed by atoms with van der Waals surface area (Å²) in [5.41, 5.74) is 6.38. The van der Waals surface area contributed by atoms with Crippen LogP contribution in [-0.2, 0) is 19.1 Å². The quantitative estimate of drug-likeness (QED) is 0.736. The van der Waals surface area contributed by atoms with Gasteiger partial charge in [-0.15, -0.1) is 0 Å². The average molecular weight is 358 g/mol. The first-order chi connectivity index (χ1) is 12.4. The molecule has 1 heterocycles. The van der Waals surface area contributed by atoms with E-state index in [9.17, 15) is 14.9 Å². The summed E-state index contributed by atoms with van der Waals surface area (Å²) in [6, 6.07) is 8.47. The van der Waals surface area contributed by atoms with Crippen molar-refractivity contribution in [2.24, 2.45) is 5.73 Å². The van der Waals surface area contributed by atoms with Crippen molar-refractivity contribution >= 4 is 11.9 Å². The van der Waals surface area contributed by atoms with Crippen LogP contribution in [0.25, 0.3) is 0 Å². The molecule has 0 aliphatic carbocycles. The molecule has 136 valence electrons. The number of ether oxygens (including phenoxy) is 3. The lowest BCUT2D eigenvalue weighted by atomic mass is 9.82. The molecule has 26 heavy (non-hydrogen) atoms. The van der Waals surface area contributed by atoms with Gasteiger partial charge in [-0.25, -0.2) is 9.59 Å². The fourth-order valence-electron chi connectivity index (χ4n) is 2.66. The number of carboxylic acids is 1. The third-order valence-corrected chi connectivity index (χ3v) is 3.68. The minimum absolute atomic E-state index is 0.0185. The topological polar surface area (TPSA) is 132 Å². The van der Waals surface area contributed by atoms with Crippen LogP contribution < -0.4 is 10.5 Å². The molecule has 1 aromatic rings. The highest BCUT2D eigenvalue weighted by Crippen LogP contribution is 2.42. The maximum atomic E-state index is 12.5. The summed E-state index contributed by atoms with van der Waals surface area (Å²) in [7, 11) is 0. The van der Waals surface area contributed by atoms with Gasteiger partial charge >= 0.3 is 11.9 Å². The number of allylic oxidation sites excluding steroid dienone is 2. The van der Waals surface area contributed by atoms with Gasteiger partial charge in [0.25, 0.3) is 0 Å². The molecular weight excluding hydrogens is 340 g/mol. The van der Waals surface area contributed by atoms with E-state index in [2.05, 4.69) is 0 Å². The molecule has 1 atom stereocenters. The van der Waals surface area contributed by atoms with Crippen molar-refractivity contribution in [1.29, 1.82) is 5.26 Å². The zero-order chi connectivity index (χ0) is 19.3. The first-order valence-electron chi connectivity index (χ1n) is 7.79. The van der Waals surface area contributed by atoms with Gasteiger partial charge in [0.15, 0.2) is 6.61 Å². The van der Waals surface area contributed by atoms with Crippen LogP contribution in [0, 0.1) is 11.3 Å². The first kappa shape index (κ1) is 18.9. The number of hydrogen-bond donors (Lipinski definition) is 2. The van der Waals surface area contributed by atoms with E-state index in [4.69, 9.17) is 25.1 Å². The van der Waals surface area contributed by atoms with Gasteiger partial charge in [0, 0.05) is 5.56 Å². The number of nitrogens with two attached hydrogens (primary N) is 1. The zero-order valence-electron chi connectivity index (χ0n) is 14.3. The van der Waals surface area contributed by atoms with Crippen molar-refractivity contribution in [2.45, 2.75) is 19.8 Å². The minimum Gasteiger partial charge on any atom is -0.482 e. The monoisotopic (exact) mass is 358 g/mol. The number of hydrogen-bond acceptors (Lipinski definition) is 7. The Balaban J connectivity index is 2.61. The van der Waals surface area contributed by atoms with Gasteiger partial charge in [-0.3, -0.25) is 0 Å². The molecule has 0 bridgehead atoms. The number of rotatable bonds is 6. The van der Waals surface area contributed by atoms with Gasteiger partial charge < -0.3 is 25.1 Å². The number of carbonyl (C=O) groups excluding carboxylic acids is 1. The Labute approximate surface area is 150 Å². The fourth-order valence-corrected chi connectivity index (χ4v) is 2.66. The van der Waals surface area contributed by atoms with Crippen LogP contribution in [0.2, 0.25) is 0 Å². The summed E-state index contributed by atoms with van der Waals surface area (Å²) in [5, 5.41) is 18.4. The normalized spacial score (nSPS) is 16.6. The Morgan fingerprint density at radius 1 is 1.38 bits per heavy atom. The SMILES string of the molecule is CCOC(=O)C1=C(C)OC(N)=C(C#N)C1c1ccccc1OCC(=O)O. The average Bonchev–Trinajstić information content (AvgIpc) is 2.59. The zero-order valence-corrected chi connectivity index (χ0v) is 14.3. The molecular formula is C18H18N2O6. The van der Waals surface area contributed by atoms with Gasteiger partial charge in [0.05, 0.1) is 18.1 Å². The van der Waals surface area contributed by atoms with E-state index < -0.39 is 24.5 Å². The summed E-state index contributed by atoms with van der Waals surface area (Å²) in [6.45, 7) is 2.77. The molecule has 0 saturated heterocycles. The number of carbonyl (C=O) groups is 2. The summed E-state index contributed by atoms with van der Waals surface area (Å²) in [5.74, 6) is -2.40.